The first-order chi connectivity index (χ1) is 11.2. The van der Waals surface area contributed by atoms with Gasteiger partial charge in [-0.3, -0.25) is 0 Å². The van der Waals surface area contributed by atoms with Crippen LogP contribution in [0.25, 0.3) is 0 Å². The number of aromatic nitrogens is 2. The van der Waals surface area contributed by atoms with E-state index in [1.54, 1.807) is 0 Å². The molecule has 0 fully saturated rings. The summed E-state index contributed by atoms with van der Waals surface area (Å²) in [5, 5.41) is 0. The van der Waals surface area contributed by atoms with Gasteiger partial charge in [-0.1, -0.05) is 31.5 Å². The van der Waals surface area contributed by atoms with Gasteiger partial charge in [0.2, 0.25) is 0 Å². The van der Waals surface area contributed by atoms with Crippen LogP contribution in [-0.4, -0.2) is 30.1 Å². The lowest BCUT2D eigenvalue weighted by molar-refractivity contribution is 0.745. The number of fused-ring (bicyclic) bond motifs is 1. The summed E-state index contributed by atoms with van der Waals surface area (Å²) in [6.45, 7) is 6.25. The van der Waals surface area contributed by atoms with E-state index in [4.69, 9.17) is 4.98 Å². The molecule has 2 heterocycles. The molecular weight excluding hydrogens is 284 g/mol. The lowest BCUT2D eigenvalue weighted by atomic mass is 10.0. The third-order valence-corrected chi connectivity index (χ3v) is 4.44. The molecule has 0 spiro atoms. The molecule has 0 saturated carbocycles. The molecule has 0 atom stereocenters. The molecule has 23 heavy (non-hydrogen) atoms. The van der Waals surface area contributed by atoms with Crippen LogP contribution in [0.5, 0.6) is 0 Å². The number of rotatable bonds is 5. The van der Waals surface area contributed by atoms with E-state index < -0.39 is 0 Å². The zero-order chi connectivity index (χ0) is 16.2. The quantitative estimate of drug-likeness (QED) is 0.832. The van der Waals surface area contributed by atoms with E-state index >= 15 is 0 Å². The van der Waals surface area contributed by atoms with Crippen molar-refractivity contribution in [3.63, 3.8) is 0 Å². The first kappa shape index (κ1) is 15.8. The highest BCUT2D eigenvalue weighted by molar-refractivity contribution is 5.67. The molecule has 1 aliphatic rings. The van der Waals surface area contributed by atoms with E-state index in [1.807, 2.05) is 6.92 Å². The van der Waals surface area contributed by atoms with Gasteiger partial charge in [-0.2, -0.15) is 0 Å². The largest absolute Gasteiger partial charge is 0.360 e. The van der Waals surface area contributed by atoms with Gasteiger partial charge in [0, 0.05) is 31.9 Å². The van der Waals surface area contributed by atoms with Gasteiger partial charge in [0.05, 0.1) is 0 Å². The molecule has 0 saturated heterocycles. The average Bonchev–Trinajstić information content (AvgIpc) is 2.58. The lowest BCUT2D eigenvalue weighted by Gasteiger charge is -2.31. The standard InChI is InChI=1S/C19H26N4/c1-4-5-12-22(3)18-14-19(21-15(2)20-18)23-13-8-10-16-9-6-7-11-17(16)23/h6-7,9,11,14H,4-5,8,10,12-13H2,1-3H3. The second-order valence-electron chi connectivity index (χ2n) is 6.29. The maximum Gasteiger partial charge on any atom is 0.138 e. The van der Waals surface area contributed by atoms with E-state index in [-0.39, 0.29) is 0 Å². The minimum atomic E-state index is 0.837. The van der Waals surface area contributed by atoms with Crippen LogP contribution in [-0.2, 0) is 6.42 Å². The second kappa shape index (κ2) is 6.99. The fourth-order valence-corrected chi connectivity index (χ4v) is 3.15. The van der Waals surface area contributed by atoms with E-state index in [1.165, 1.54) is 30.5 Å². The van der Waals surface area contributed by atoms with Gasteiger partial charge in [0.15, 0.2) is 0 Å². The Morgan fingerprint density at radius 2 is 2.04 bits per heavy atom. The fraction of sp³-hybridized carbons (Fsp3) is 0.474. The predicted molar refractivity (Wildman–Crippen MR) is 96.7 cm³/mol. The van der Waals surface area contributed by atoms with Gasteiger partial charge < -0.3 is 9.80 Å². The van der Waals surface area contributed by atoms with Crippen LogP contribution in [0.2, 0.25) is 0 Å². The topological polar surface area (TPSA) is 32.3 Å². The SMILES string of the molecule is CCCCN(C)c1cc(N2CCCc3ccccc32)nc(C)n1. The number of hydrogen-bond acceptors (Lipinski definition) is 4. The Morgan fingerprint density at radius 3 is 2.87 bits per heavy atom. The molecule has 0 amide bonds. The first-order valence-electron chi connectivity index (χ1n) is 8.61. The summed E-state index contributed by atoms with van der Waals surface area (Å²) in [6, 6.07) is 10.8. The van der Waals surface area contributed by atoms with Crippen molar-refractivity contribution in [3.8, 4) is 0 Å². The molecule has 0 N–H and O–H groups in total. The van der Waals surface area contributed by atoms with Gasteiger partial charge in [0.25, 0.3) is 0 Å². The zero-order valence-corrected chi connectivity index (χ0v) is 14.4. The fourth-order valence-electron chi connectivity index (χ4n) is 3.15. The third kappa shape index (κ3) is 3.46. The smallest absolute Gasteiger partial charge is 0.138 e. The van der Waals surface area contributed by atoms with Crippen molar-refractivity contribution in [2.45, 2.75) is 39.5 Å². The summed E-state index contributed by atoms with van der Waals surface area (Å²) in [5.74, 6) is 2.87. The molecule has 0 aliphatic carbocycles. The summed E-state index contributed by atoms with van der Waals surface area (Å²) in [5.41, 5.74) is 2.70. The Bertz CT molecular complexity index is 668. The van der Waals surface area contributed by atoms with Crippen molar-refractivity contribution >= 4 is 17.3 Å². The van der Waals surface area contributed by atoms with Crippen LogP contribution in [0.4, 0.5) is 17.3 Å². The van der Waals surface area contributed by atoms with Gasteiger partial charge in [0.1, 0.15) is 17.5 Å². The molecule has 1 aromatic heterocycles. The monoisotopic (exact) mass is 310 g/mol. The van der Waals surface area contributed by atoms with Crippen molar-refractivity contribution in [2.24, 2.45) is 0 Å². The minimum absolute atomic E-state index is 0.837. The lowest BCUT2D eigenvalue weighted by Crippen LogP contribution is -2.27. The van der Waals surface area contributed by atoms with E-state index in [0.717, 1.165) is 37.0 Å². The van der Waals surface area contributed by atoms with Crippen molar-refractivity contribution in [1.82, 2.24) is 9.97 Å². The van der Waals surface area contributed by atoms with Gasteiger partial charge in [-0.15, -0.1) is 0 Å². The molecule has 2 aromatic rings. The van der Waals surface area contributed by atoms with Crippen molar-refractivity contribution < 1.29 is 0 Å². The van der Waals surface area contributed by atoms with E-state index in [0.29, 0.717) is 0 Å². The average molecular weight is 310 g/mol. The number of hydrogen-bond donors (Lipinski definition) is 0. The number of anilines is 3. The predicted octanol–water partition coefficient (Wildman–Crippen LogP) is 4.11. The minimum Gasteiger partial charge on any atom is -0.360 e. The molecule has 0 bridgehead atoms. The summed E-state index contributed by atoms with van der Waals surface area (Å²) in [6.07, 6.45) is 4.70. The van der Waals surface area contributed by atoms with Crippen LogP contribution in [0.15, 0.2) is 30.3 Å². The Morgan fingerprint density at radius 1 is 1.22 bits per heavy atom. The summed E-state index contributed by atoms with van der Waals surface area (Å²) in [7, 11) is 2.12. The number of benzene rings is 1. The van der Waals surface area contributed by atoms with Crippen LogP contribution >= 0.6 is 0 Å². The maximum atomic E-state index is 4.71. The number of nitrogens with zero attached hydrogens (tertiary/aromatic N) is 4. The molecule has 0 unspecified atom stereocenters. The Balaban J connectivity index is 1.93. The van der Waals surface area contributed by atoms with Crippen LogP contribution < -0.4 is 9.80 Å². The third-order valence-electron chi connectivity index (χ3n) is 4.44. The highest BCUT2D eigenvalue weighted by Crippen LogP contribution is 2.33. The maximum absolute atomic E-state index is 4.71. The number of aryl methyl sites for hydroxylation is 2. The molecule has 122 valence electrons. The van der Waals surface area contributed by atoms with Crippen LogP contribution in [0.1, 0.15) is 37.6 Å². The Labute approximate surface area is 139 Å². The molecule has 4 heteroatoms. The highest BCUT2D eigenvalue weighted by atomic mass is 15.2. The summed E-state index contributed by atoms with van der Waals surface area (Å²) in [4.78, 5) is 13.9. The van der Waals surface area contributed by atoms with Crippen LogP contribution in [0, 0.1) is 6.92 Å². The summed E-state index contributed by atoms with van der Waals surface area (Å²) >= 11 is 0. The van der Waals surface area contributed by atoms with E-state index in [9.17, 15) is 0 Å². The number of para-hydroxylation sites is 1. The molecular formula is C19H26N4. The van der Waals surface area contributed by atoms with Crippen LogP contribution in [0.3, 0.4) is 0 Å². The highest BCUT2D eigenvalue weighted by Gasteiger charge is 2.20. The van der Waals surface area contributed by atoms with Crippen molar-refractivity contribution in [3.05, 3.63) is 41.7 Å². The molecule has 0 radical (unpaired) electrons. The van der Waals surface area contributed by atoms with Gasteiger partial charge in [-0.25, -0.2) is 9.97 Å². The summed E-state index contributed by atoms with van der Waals surface area (Å²) < 4.78 is 0. The molecule has 1 aliphatic heterocycles. The molecule has 1 aromatic carbocycles. The van der Waals surface area contributed by atoms with Gasteiger partial charge in [-0.05, 0) is 37.8 Å². The zero-order valence-electron chi connectivity index (χ0n) is 14.4. The van der Waals surface area contributed by atoms with E-state index in [2.05, 4.69) is 59.1 Å². The first-order valence-corrected chi connectivity index (χ1v) is 8.61. The molecule has 4 nitrogen and oxygen atoms in total. The normalized spacial score (nSPS) is 13.8. The van der Waals surface area contributed by atoms with Gasteiger partial charge >= 0.3 is 0 Å². The number of unbranched alkanes of at least 4 members (excludes halogenated alkanes) is 1. The van der Waals surface area contributed by atoms with Crippen molar-refractivity contribution in [1.29, 1.82) is 0 Å². The Kier molecular flexibility index (Phi) is 4.79. The Hall–Kier alpha value is -2.10. The molecule has 3 rings (SSSR count). The second-order valence-corrected chi connectivity index (χ2v) is 6.29. The van der Waals surface area contributed by atoms with Crippen molar-refractivity contribution in [2.75, 3.05) is 29.9 Å².